The number of hydrogen-bond acceptors (Lipinski definition) is 6. The van der Waals surface area contributed by atoms with Crippen LogP contribution in [-0.4, -0.2) is 47.1 Å². The Morgan fingerprint density at radius 3 is 2.46 bits per heavy atom. The molecule has 3 atom stereocenters. The zero-order valence-electron chi connectivity index (χ0n) is 21.4. The Morgan fingerprint density at radius 2 is 1.78 bits per heavy atom. The summed E-state index contributed by atoms with van der Waals surface area (Å²) in [6, 6.07) is 19.5. The monoisotopic (exact) mass is 525 g/mol. The molecule has 0 amide bonds. The molecule has 0 aromatic heterocycles. The molecule has 2 N–H and O–H groups in total. The first-order valence-corrected chi connectivity index (χ1v) is 12.5. The lowest BCUT2D eigenvalue weighted by atomic mass is 9.93. The highest BCUT2D eigenvalue weighted by Gasteiger charge is 2.45. The third-order valence-corrected chi connectivity index (χ3v) is 6.47. The van der Waals surface area contributed by atoms with Crippen LogP contribution in [-0.2, 0) is 19.1 Å². The molecule has 0 saturated carbocycles. The summed E-state index contributed by atoms with van der Waals surface area (Å²) in [5.41, 5.74) is 2.23. The third kappa shape index (κ3) is 5.96. The van der Waals surface area contributed by atoms with Gasteiger partial charge >= 0.3 is 5.97 Å². The molecule has 7 nitrogen and oxygen atoms in total. The largest absolute Gasteiger partial charge is 0.477 e. The summed E-state index contributed by atoms with van der Waals surface area (Å²) in [6.07, 6.45) is -2.23. The van der Waals surface area contributed by atoms with Crippen LogP contribution in [0.2, 0.25) is 5.02 Å². The van der Waals surface area contributed by atoms with Gasteiger partial charge in [-0.2, -0.15) is 0 Å². The van der Waals surface area contributed by atoms with Crippen LogP contribution in [0.15, 0.2) is 60.7 Å². The number of Topliss-reactive ketones (excluding diaryl/α,β-unsaturated/α-hetero) is 1. The Morgan fingerprint density at radius 1 is 1.08 bits per heavy atom. The number of hydrogen-bond donors (Lipinski definition) is 2. The molecule has 0 radical (unpaired) electrons. The molecule has 8 heteroatoms. The molecule has 4 rings (SSSR count). The molecule has 3 aromatic carbocycles. The molecule has 37 heavy (non-hydrogen) atoms. The van der Waals surface area contributed by atoms with E-state index in [1.165, 1.54) is 6.92 Å². The van der Waals surface area contributed by atoms with Crippen molar-refractivity contribution in [1.82, 2.24) is 0 Å². The molecule has 0 bridgehead atoms. The van der Waals surface area contributed by atoms with E-state index in [1.54, 1.807) is 6.07 Å². The van der Waals surface area contributed by atoms with E-state index in [-0.39, 0.29) is 12.0 Å². The number of carboxylic acid groups (broad SMARTS) is 1. The van der Waals surface area contributed by atoms with Gasteiger partial charge in [0, 0.05) is 22.8 Å². The number of fused-ring (bicyclic) bond motifs is 2. The number of halogens is 1. The Hall–Kier alpha value is -2.97. The Kier molecular flexibility index (Phi) is 7.62. The van der Waals surface area contributed by atoms with E-state index in [0.29, 0.717) is 11.6 Å². The number of ether oxygens (including phenoxy) is 2. The fraction of sp³-hybridized carbons (Fsp3) is 0.379. The van der Waals surface area contributed by atoms with Gasteiger partial charge in [0.05, 0.1) is 13.0 Å². The standard InChI is InChI=1S/C29H32ClNO6/c1-18(32)15-29(35,27(33)34)37-25-16-36-26(22-11-7-9-19-8-5-6-10-21(19)22)23-14-20(30)12-13-24(23)31(25)17-28(2,3)4/h5-14,25-26,35H,15-17H2,1-4H3,(H,33,34)/t25-,26+,29-/m1/s1. The molecule has 0 saturated heterocycles. The summed E-state index contributed by atoms with van der Waals surface area (Å²) in [7, 11) is 0. The van der Waals surface area contributed by atoms with Gasteiger partial charge in [0.25, 0.3) is 5.79 Å². The van der Waals surface area contributed by atoms with E-state index >= 15 is 0 Å². The van der Waals surface area contributed by atoms with Gasteiger partial charge in [-0.3, -0.25) is 4.79 Å². The predicted molar refractivity (Wildman–Crippen MR) is 143 cm³/mol. The van der Waals surface area contributed by atoms with Crippen LogP contribution in [0.25, 0.3) is 10.8 Å². The van der Waals surface area contributed by atoms with Crippen molar-refractivity contribution < 1.29 is 29.3 Å². The number of ketones is 1. The van der Waals surface area contributed by atoms with Gasteiger partial charge in [-0.05, 0) is 46.9 Å². The summed E-state index contributed by atoms with van der Waals surface area (Å²) in [6.45, 7) is 7.74. The number of rotatable bonds is 7. The molecular weight excluding hydrogens is 494 g/mol. The predicted octanol–water partition coefficient (Wildman–Crippen LogP) is 5.56. The molecule has 0 fully saturated rings. The number of carbonyl (C=O) groups excluding carboxylic acids is 1. The van der Waals surface area contributed by atoms with Crippen LogP contribution in [0.1, 0.15) is 51.3 Å². The molecule has 196 valence electrons. The number of anilines is 1. The van der Waals surface area contributed by atoms with Gasteiger partial charge in [0.2, 0.25) is 0 Å². The minimum atomic E-state index is -2.71. The van der Waals surface area contributed by atoms with E-state index in [1.807, 2.05) is 80.3 Å². The lowest BCUT2D eigenvalue weighted by Crippen LogP contribution is -2.53. The molecule has 0 aliphatic carbocycles. The van der Waals surface area contributed by atoms with Crippen LogP contribution in [0, 0.1) is 5.41 Å². The second-order valence-corrected chi connectivity index (χ2v) is 11.2. The molecule has 1 heterocycles. The zero-order valence-corrected chi connectivity index (χ0v) is 22.2. The summed E-state index contributed by atoms with van der Waals surface area (Å²) in [5.74, 6) is -4.85. The average molecular weight is 526 g/mol. The van der Waals surface area contributed by atoms with E-state index in [0.717, 1.165) is 27.6 Å². The Labute approximate surface area is 221 Å². The molecule has 3 aromatic rings. The van der Waals surface area contributed by atoms with Crippen molar-refractivity contribution in [1.29, 1.82) is 0 Å². The minimum Gasteiger partial charge on any atom is -0.477 e. The number of aliphatic carboxylic acids is 1. The lowest BCUT2D eigenvalue weighted by Gasteiger charge is -2.39. The number of aliphatic hydroxyl groups is 1. The van der Waals surface area contributed by atoms with Crippen LogP contribution < -0.4 is 4.90 Å². The van der Waals surface area contributed by atoms with Crippen molar-refractivity contribution in [2.24, 2.45) is 5.41 Å². The van der Waals surface area contributed by atoms with Crippen LogP contribution in [0.5, 0.6) is 0 Å². The maximum atomic E-state index is 12.0. The Balaban J connectivity index is 1.87. The normalized spacial score (nSPS) is 19.7. The van der Waals surface area contributed by atoms with Gasteiger partial charge in [-0.1, -0.05) is 74.8 Å². The number of benzene rings is 3. The van der Waals surface area contributed by atoms with Crippen molar-refractivity contribution >= 4 is 39.8 Å². The number of carbonyl (C=O) groups is 2. The van der Waals surface area contributed by atoms with Gasteiger partial charge in [0.1, 0.15) is 11.9 Å². The van der Waals surface area contributed by atoms with Crippen molar-refractivity contribution in [3.63, 3.8) is 0 Å². The SMILES string of the molecule is CC(=O)C[C@@](O)(O[C@@H]1CO[C@@H](c2cccc3ccccc23)c2cc(Cl)ccc2N1CC(C)(C)C)C(=O)O. The summed E-state index contributed by atoms with van der Waals surface area (Å²) in [5, 5.41) is 23.3. The zero-order chi connectivity index (χ0) is 27.0. The third-order valence-electron chi connectivity index (χ3n) is 6.24. The lowest BCUT2D eigenvalue weighted by molar-refractivity contribution is -0.246. The minimum absolute atomic E-state index is 0.0657. The summed E-state index contributed by atoms with van der Waals surface area (Å²) < 4.78 is 12.3. The van der Waals surface area contributed by atoms with Crippen LogP contribution in [0.4, 0.5) is 5.69 Å². The van der Waals surface area contributed by atoms with Gasteiger partial charge < -0.3 is 24.6 Å². The molecule has 1 aliphatic heterocycles. The van der Waals surface area contributed by atoms with Gasteiger partial charge in [-0.25, -0.2) is 4.79 Å². The van der Waals surface area contributed by atoms with Crippen molar-refractivity contribution in [2.75, 3.05) is 18.1 Å². The number of carboxylic acids is 1. The Bertz CT molecular complexity index is 1310. The summed E-state index contributed by atoms with van der Waals surface area (Å²) >= 11 is 6.46. The van der Waals surface area contributed by atoms with Crippen molar-refractivity contribution in [3.05, 3.63) is 76.8 Å². The fourth-order valence-electron chi connectivity index (χ4n) is 4.77. The number of nitrogens with zero attached hydrogens (tertiary/aromatic N) is 1. The maximum Gasteiger partial charge on any atom is 0.364 e. The molecular formula is C29H32ClNO6. The smallest absolute Gasteiger partial charge is 0.364 e. The van der Waals surface area contributed by atoms with E-state index in [9.17, 15) is 19.8 Å². The maximum absolute atomic E-state index is 12.0. The molecule has 0 unspecified atom stereocenters. The molecule has 1 aliphatic rings. The highest BCUT2D eigenvalue weighted by molar-refractivity contribution is 6.30. The van der Waals surface area contributed by atoms with Gasteiger partial charge in [-0.15, -0.1) is 0 Å². The first-order valence-electron chi connectivity index (χ1n) is 12.2. The highest BCUT2D eigenvalue weighted by Crippen LogP contribution is 2.42. The van der Waals surface area contributed by atoms with Crippen LogP contribution >= 0.6 is 11.6 Å². The van der Waals surface area contributed by atoms with E-state index in [2.05, 4.69) is 0 Å². The molecule has 0 spiro atoms. The van der Waals surface area contributed by atoms with E-state index in [4.69, 9.17) is 21.1 Å². The highest BCUT2D eigenvalue weighted by atomic mass is 35.5. The average Bonchev–Trinajstić information content (AvgIpc) is 2.94. The summed E-state index contributed by atoms with van der Waals surface area (Å²) in [4.78, 5) is 25.7. The van der Waals surface area contributed by atoms with Crippen molar-refractivity contribution in [3.8, 4) is 0 Å². The second kappa shape index (κ2) is 10.4. The topological polar surface area (TPSA) is 96.3 Å². The van der Waals surface area contributed by atoms with Gasteiger partial charge in [0.15, 0.2) is 6.23 Å². The van der Waals surface area contributed by atoms with Crippen LogP contribution in [0.3, 0.4) is 0 Å². The second-order valence-electron chi connectivity index (χ2n) is 10.7. The fourth-order valence-corrected chi connectivity index (χ4v) is 4.95. The van der Waals surface area contributed by atoms with E-state index < -0.39 is 36.3 Å². The van der Waals surface area contributed by atoms with Crippen molar-refractivity contribution in [2.45, 2.75) is 52.2 Å². The quantitative estimate of drug-likeness (QED) is 0.390. The first-order chi connectivity index (χ1) is 17.4. The first kappa shape index (κ1) is 27.1.